The summed E-state index contributed by atoms with van der Waals surface area (Å²) < 4.78 is 33.3. The van der Waals surface area contributed by atoms with Crippen molar-refractivity contribution in [3.63, 3.8) is 0 Å². The van der Waals surface area contributed by atoms with E-state index >= 15 is 0 Å². The summed E-state index contributed by atoms with van der Waals surface area (Å²) in [4.78, 5) is 24.2. The Balaban J connectivity index is 2.00. The largest absolute Gasteiger partial charge is 0.487 e. The number of aromatic nitrogens is 1. The van der Waals surface area contributed by atoms with E-state index in [4.69, 9.17) is 22.1 Å². The number of aliphatic hydroxyl groups excluding tert-OH is 1. The highest BCUT2D eigenvalue weighted by molar-refractivity contribution is 6.31. The molecule has 1 amide bonds. The van der Waals surface area contributed by atoms with Gasteiger partial charge in [-0.15, -0.1) is 0 Å². The number of rotatable bonds is 6. The average Bonchev–Trinajstić information content (AvgIpc) is 2.70. The third kappa shape index (κ3) is 4.28. The van der Waals surface area contributed by atoms with Crippen molar-refractivity contribution in [3.05, 3.63) is 92.4 Å². The smallest absolute Gasteiger partial charge is 0.277 e. The van der Waals surface area contributed by atoms with Gasteiger partial charge in [0, 0.05) is 28.9 Å². The predicted octanol–water partition coefficient (Wildman–Crippen LogP) is 2.94. The second-order valence-electron chi connectivity index (χ2n) is 6.05. The number of pyridine rings is 1. The van der Waals surface area contributed by atoms with E-state index in [2.05, 4.69) is 0 Å². The normalized spacial score (nSPS) is 10.8. The van der Waals surface area contributed by atoms with Crippen molar-refractivity contribution in [2.24, 2.45) is 5.73 Å². The summed E-state index contributed by atoms with van der Waals surface area (Å²) in [5.74, 6) is -2.29. The Labute approximate surface area is 168 Å². The maximum absolute atomic E-state index is 13.8. The third-order valence-corrected chi connectivity index (χ3v) is 4.49. The van der Waals surface area contributed by atoms with Crippen LogP contribution >= 0.6 is 11.6 Å². The number of aliphatic hydroxyl groups is 1. The van der Waals surface area contributed by atoms with E-state index in [-0.39, 0.29) is 39.9 Å². The number of carbonyl (C=O) groups is 1. The van der Waals surface area contributed by atoms with E-state index in [1.165, 1.54) is 36.4 Å². The molecule has 0 spiro atoms. The maximum atomic E-state index is 13.8. The fourth-order valence-corrected chi connectivity index (χ4v) is 2.90. The number of carbonyl (C=O) groups excluding carboxylic acids is 1. The fourth-order valence-electron chi connectivity index (χ4n) is 2.71. The molecule has 150 valence electrons. The van der Waals surface area contributed by atoms with Crippen LogP contribution in [0.4, 0.5) is 8.78 Å². The van der Waals surface area contributed by atoms with E-state index in [1.54, 1.807) is 0 Å². The molecule has 3 aromatic rings. The monoisotopic (exact) mass is 420 g/mol. The SMILES string of the molecule is NC(=O)c1cccc(-n2c(CO)cc(OCc3ccc(F)cc3F)c(Cl)c2=O)c1. The van der Waals surface area contributed by atoms with Crippen LogP contribution in [0.1, 0.15) is 21.6 Å². The lowest BCUT2D eigenvalue weighted by atomic mass is 10.1. The van der Waals surface area contributed by atoms with Crippen LogP contribution in [-0.4, -0.2) is 15.6 Å². The first-order valence-corrected chi connectivity index (χ1v) is 8.72. The molecule has 0 aliphatic carbocycles. The first-order valence-electron chi connectivity index (χ1n) is 8.34. The fraction of sp³-hybridized carbons (Fsp3) is 0.100. The number of nitrogens with two attached hydrogens (primary N) is 1. The number of halogens is 3. The Bertz CT molecular complexity index is 1150. The Morgan fingerprint density at radius 2 is 1.93 bits per heavy atom. The van der Waals surface area contributed by atoms with Crippen LogP contribution in [0.3, 0.4) is 0 Å². The molecule has 0 unspecified atom stereocenters. The second kappa shape index (κ2) is 8.42. The Morgan fingerprint density at radius 3 is 2.59 bits per heavy atom. The zero-order chi connectivity index (χ0) is 21.1. The maximum Gasteiger partial charge on any atom is 0.277 e. The van der Waals surface area contributed by atoms with Crippen LogP contribution in [-0.2, 0) is 13.2 Å². The van der Waals surface area contributed by atoms with Crippen molar-refractivity contribution in [2.45, 2.75) is 13.2 Å². The molecular formula is C20H15ClF2N2O4. The van der Waals surface area contributed by atoms with Crippen LogP contribution in [0.15, 0.2) is 53.3 Å². The van der Waals surface area contributed by atoms with Crippen molar-refractivity contribution in [1.29, 1.82) is 0 Å². The predicted molar refractivity (Wildman–Crippen MR) is 102 cm³/mol. The molecule has 0 aliphatic rings. The molecule has 2 aromatic carbocycles. The van der Waals surface area contributed by atoms with Gasteiger partial charge in [-0.3, -0.25) is 14.2 Å². The zero-order valence-corrected chi connectivity index (χ0v) is 15.6. The highest BCUT2D eigenvalue weighted by Gasteiger charge is 2.17. The first kappa shape index (κ1) is 20.5. The number of primary amides is 1. The Hall–Kier alpha value is -3.23. The number of hydrogen-bond acceptors (Lipinski definition) is 4. The molecule has 0 atom stereocenters. The van der Waals surface area contributed by atoms with Crippen LogP contribution in [0, 0.1) is 11.6 Å². The first-order chi connectivity index (χ1) is 13.8. The van der Waals surface area contributed by atoms with Crippen LogP contribution in [0.5, 0.6) is 5.75 Å². The lowest BCUT2D eigenvalue weighted by Crippen LogP contribution is -2.24. The number of amides is 1. The minimum atomic E-state index is -0.805. The van der Waals surface area contributed by atoms with Crippen LogP contribution < -0.4 is 16.0 Å². The van der Waals surface area contributed by atoms with Gasteiger partial charge in [-0.25, -0.2) is 8.78 Å². The minimum absolute atomic E-state index is 0.0614. The number of hydrogen-bond donors (Lipinski definition) is 2. The molecular weight excluding hydrogens is 406 g/mol. The van der Waals surface area contributed by atoms with Crippen molar-refractivity contribution < 1.29 is 23.4 Å². The van der Waals surface area contributed by atoms with E-state index in [9.17, 15) is 23.5 Å². The topological polar surface area (TPSA) is 94.6 Å². The van der Waals surface area contributed by atoms with Gasteiger partial charge in [0.05, 0.1) is 12.3 Å². The molecule has 9 heteroatoms. The molecule has 0 fully saturated rings. The van der Waals surface area contributed by atoms with E-state index in [0.29, 0.717) is 6.07 Å². The molecule has 0 aliphatic heterocycles. The van der Waals surface area contributed by atoms with E-state index in [1.807, 2.05) is 0 Å². The Kier molecular flexibility index (Phi) is 5.95. The molecule has 6 nitrogen and oxygen atoms in total. The summed E-state index contributed by atoms with van der Waals surface area (Å²) in [6.07, 6.45) is 0. The standard InChI is InChI=1S/C20H15ClF2N2O4/c21-18-17(29-10-12-4-5-13(22)7-16(12)23)8-15(9-26)25(20(18)28)14-3-1-2-11(6-14)19(24)27/h1-8,26H,9-10H2,(H2,24,27). The van der Waals surface area contributed by atoms with Crippen LogP contribution in [0.25, 0.3) is 5.69 Å². The molecule has 0 saturated carbocycles. The molecule has 3 N–H and O–H groups in total. The Morgan fingerprint density at radius 1 is 1.17 bits per heavy atom. The molecule has 29 heavy (non-hydrogen) atoms. The van der Waals surface area contributed by atoms with E-state index < -0.39 is 29.7 Å². The number of ether oxygens (including phenoxy) is 1. The molecule has 1 heterocycles. The van der Waals surface area contributed by atoms with Crippen LogP contribution in [0.2, 0.25) is 5.02 Å². The van der Waals surface area contributed by atoms with Crippen molar-refractivity contribution in [2.75, 3.05) is 0 Å². The van der Waals surface area contributed by atoms with E-state index in [0.717, 1.165) is 10.6 Å². The van der Waals surface area contributed by atoms with Gasteiger partial charge in [0.15, 0.2) is 0 Å². The van der Waals surface area contributed by atoms with Gasteiger partial charge in [-0.2, -0.15) is 0 Å². The van der Waals surface area contributed by atoms with Gasteiger partial charge in [-0.05, 0) is 30.3 Å². The minimum Gasteiger partial charge on any atom is -0.487 e. The average molecular weight is 421 g/mol. The molecule has 1 aromatic heterocycles. The summed E-state index contributed by atoms with van der Waals surface area (Å²) in [6.45, 7) is -0.855. The summed E-state index contributed by atoms with van der Waals surface area (Å²) in [5.41, 5.74) is 5.17. The highest BCUT2D eigenvalue weighted by atomic mass is 35.5. The summed E-state index contributed by atoms with van der Waals surface area (Å²) in [6, 6.07) is 10.2. The van der Waals surface area contributed by atoms with Gasteiger partial charge < -0.3 is 15.6 Å². The molecule has 0 radical (unpaired) electrons. The van der Waals surface area contributed by atoms with Crippen molar-refractivity contribution in [3.8, 4) is 11.4 Å². The zero-order valence-electron chi connectivity index (χ0n) is 14.9. The number of benzene rings is 2. The summed E-state index contributed by atoms with van der Waals surface area (Å²) >= 11 is 6.13. The van der Waals surface area contributed by atoms with Gasteiger partial charge in [-0.1, -0.05) is 17.7 Å². The van der Waals surface area contributed by atoms with Gasteiger partial charge >= 0.3 is 0 Å². The van der Waals surface area contributed by atoms with Crippen molar-refractivity contribution in [1.82, 2.24) is 4.57 Å². The lowest BCUT2D eigenvalue weighted by Gasteiger charge is -2.16. The quantitative estimate of drug-likeness (QED) is 0.641. The van der Waals surface area contributed by atoms with Crippen molar-refractivity contribution >= 4 is 17.5 Å². The lowest BCUT2D eigenvalue weighted by molar-refractivity contribution is 0.1000. The van der Waals surface area contributed by atoms with Gasteiger partial charge in [0.25, 0.3) is 5.56 Å². The molecule has 3 rings (SSSR count). The summed E-state index contributed by atoms with van der Waals surface area (Å²) in [7, 11) is 0. The number of nitrogens with zero attached hydrogens (tertiary/aromatic N) is 1. The highest BCUT2D eigenvalue weighted by Crippen LogP contribution is 2.25. The molecule has 0 saturated heterocycles. The molecule has 0 bridgehead atoms. The van der Waals surface area contributed by atoms with Gasteiger partial charge in [0.1, 0.15) is 29.0 Å². The third-order valence-electron chi connectivity index (χ3n) is 4.14. The summed E-state index contributed by atoms with van der Waals surface area (Å²) in [5, 5.41) is 9.40. The second-order valence-corrected chi connectivity index (χ2v) is 6.43. The van der Waals surface area contributed by atoms with Gasteiger partial charge in [0.2, 0.25) is 5.91 Å².